The SMILES string of the molecule is CC1CC(OC(=O)C2C3CCC(C3)C2N)CC(C)(C)C1. The van der Waals surface area contributed by atoms with Gasteiger partial charge in [0.05, 0.1) is 5.92 Å². The first-order valence-corrected chi connectivity index (χ1v) is 8.32. The lowest BCUT2D eigenvalue weighted by atomic mass is 9.71. The number of fused-ring (bicyclic) bond motifs is 2. The minimum Gasteiger partial charge on any atom is -0.462 e. The maximum absolute atomic E-state index is 12.5. The van der Waals surface area contributed by atoms with Crippen LogP contribution in [0, 0.1) is 29.1 Å². The molecule has 0 saturated heterocycles. The number of rotatable bonds is 2. The van der Waals surface area contributed by atoms with E-state index < -0.39 is 0 Å². The van der Waals surface area contributed by atoms with Gasteiger partial charge in [0.2, 0.25) is 0 Å². The van der Waals surface area contributed by atoms with Crippen LogP contribution >= 0.6 is 0 Å². The zero-order chi connectivity index (χ0) is 14.5. The van der Waals surface area contributed by atoms with E-state index in [0.717, 1.165) is 19.3 Å². The zero-order valence-electron chi connectivity index (χ0n) is 13.1. The van der Waals surface area contributed by atoms with E-state index in [4.69, 9.17) is 10.5 Å². The second-order valence-corrected chi connectivity index (χ2v) is 8.41. The smallest absolute Gasteiger partial charge is 0.311 e. The molecule has 3 nitrogen and oxygen atoms in total. The minimum absolute atomic E-state index is 0.000370. The van der Waals surface area contributed by atoms with Crippen molar-refractivity contribution in [2.45, 2.75) is 71.4 Å². The standard InChI is InChI=1S/C17H29NO2/c1-10-6-13(9-17(2,3)8-10)20-16(19)14-11-4-5-12(7-11)15(14)18/h10-15H,4-9,18H2,1-3H3. The molecular weight excluding hydrogens is 250 g/mol. The molecule has 0 spiro atoms. The van der Waals surface area contributed by atoms with Crippen molar-refractivity contribution in [1.29, 1.82) is 0 Å². The van der Waals surface area contributed by atoms with Crippen LogP contribution < -0.4 is 5.73 Å². The lowest BCUT2D eigenvalue weighted by Gasteiger charge is -2.39. The third kappa shape index (κ3) is 2.61. The monoisotopic (exact) mass is 279 g/mol. The van der Waals surface area contributed by atoms with Gasteiger partial charge in [0, 0.05) is 6.04 Å². The molecule has 0 aromatic rings. The lowest BCUT2D eigenvalue weighted by Crippen LogP contribution is -2.43. The van der Waals surface area contributed by atoms with Crippen LogP contribution in [0.15, 0.2) is 0 Å². The first kappa shape index (κ1) is 14.4. The van der Waals surface area contributed by atoms with Crippen molar-refractivity contribution in [3.8, 4) is 0 Å². The summed E-state index contributed by atoms with van der Waals surface area (Å²) in [5.41, 5.74) is 6.54. The first-order valence-electron chi connectivity index (χ1n) is 8.32. The Kier molecular flexibility index (Phi) is 3.60. The van der Waals surface area contributed by atoms with Gasteiger partial charge in [-0.15, -0.1) is 0 Å². The fourth-order valence-corrected chi connectivity index (χ4v) is 5.28. The van der Waals surface area contributed by atoms with Crippen molar-refractivity contribution in [2.75, 3.05) is 0 Å². The Balaban J connectivity index is 1.62. The highest BCUT2D eigenvalue weighted by Gasteiger charge is 2.50. The molecule has 0 aromatic carbocycles. The molecule has 3 saturated carbocycles. The molecule has 0 aromatic heterocycles. The van der Waals surface area contributed by atoms with Crippen LogP contribution in [0.4, 0.5) is 0 Å². The molecule has 3 fully saturated rings. The quantitative estimate of drug-likeness (QED) is 0.790. The van der Waals surface area contributed by atoms with E-state index in [9.17, 15) is 4.79 Å². The van der Waals surface area contributed by atoms with Gasteiger partial charge in [-0.1, -0.05) is 20.8 Å². The van der Waals surface area contributed by atoms with E-state index in [0.29, 0.717) is 23.2 Å². The van der Waals surface area contributed by atoms with Gasteiger partial charge in [0.25, 0.3) is 0 Å². The van der Waals surface area contributed by atoms with Crippen LogP contribution in [0.5, 0.6) is 0 Å². The Labute approximate surface area is 122 Å². The molecule has 6 unspecified atom stereocenters. The summed E-state index contributed by atoms with van der Waals surface area (Å²) in [5.74, 6) is 1.69. The van der Waals surface area contributed by atoms with Gasteiger partial charge >= 0.3 is 5.97 Å². The van der Waals surface area contributed by atoms with Crippen LogP contribution in [0.3, 0.4) is 0 Å². The molecule has 0 amide bonds. The lowest BCUT2D eigenvalue weighted by molar-refractivity contribution is -0.160. The summed E-state index contributed by atoms with van der Waals surface area (Å²) in [7, 11) is 0. The third-order valence-corrected chi connectivity index (χ3v) is 5.88. The van der Waals surface area contributed by atoms with E-state index >= 15 is 0 Å². The van der Waals surface area contributed by atoms with E-state index in [1.807, 2.05) is 0 Å². The predicted molar refractivity (Wildman–Crippen MR) is 79.0 cm³/mol. The molecule has 6 atom stereocenters. The molecule has 114 valence electrons. The Morgan fingerprint density at radius 2 is 1.85 bits per heavy atom. The van der Waals surface area contributed by atoms with Crippen molar-refractivity contribution in [1.82, 2.24) is 0 Å². The van der Waals surface area contributed by atoms with Crippen molar-refractivity contribution in [3.05, 3.63) is 0 Å². The highest BCUT2D eigenvalue weighted by molar-refractivity contribution is 5.74. The van der Waals surface area contributed by atoms with Crippen molar-refractivity contribution >= 4 is 5.97 Å². The number of carbonyl (C=O) groups excluding carboxylic acids is 1. The van der Waals surface area contributed by atoms with E-state index in [2.05, 4.69) is 20.8 Å². The molecule has 0 aliphatic heterocycles. The summed E-state index contributed by atoms with van der Waals surface area (Å²) >= 11 is 0. The molecule has 0 heterocycles. The van der Waals surface area contributed by atoms with Crippen LogP contribution in [-0.2, 0) is 9.53 Å². The first-order chi connectivity index (χ1) is 9.35. The van der Waals surface area contributed by atoms with Gasteiger partial charge in [0.15, 0.2) is 0 Å². The highest BCUT2D eigenvalue weighted by atomic mass is 16.5. The fourth-order valence-electron chi connectivity index (χ4n) is 5.28. The molecule has 0 radical (unpaired) electrons. The fraction of sp³-hybridized carbons (Fsp3) is 0.941. The molecule has 3 aliphatic rings. The number of nitrogens with two attached hydrogens (primary N) is 1. The average molecular weight is 279 g/mol. The Morgan fingerprint density at radius 3 is 2.45 bits per heavy atom. The topological polar surface area (TPSA) is 52.3 Å². The van der Waals surface area contributed by atoms with Gasteiger partial charge < -0.3 is 10.5 Å². The van der Waals surface area contributed by atoms with Crippen molar-refractivity contribution in [2.24, 2.45) is 34.8 Å². The van der Waals surface area contributed by atoms with Crippen molar-refractivity contribution in [3.63, 3.8) is 0 Å². The highest BCUT2D eigenvalue weighted by Crippen LogP contribution is 2.48. The van der Waals surface area contributed by atoms with Crippen LogP contribution in [0.25, 0.3) is 0 Å². The molecule has 20 heavy (non-hydrogen) atoms. The summed E-state index contributed by atoms with van der Waals surface area (Å²) in [4.78, 5) is 12.5. The zero-order valence-corrected chi connectivity index (χ0v) is 13.1. The van der Waals surface area contributed by atoms with Gasteiger partial charge in [0.1, 0.15) is 6.10 Å². The number of hydrogen-bond acceptors (Lipinski definition) is 3. The maximum atomic E-state index is 12.5. The Morgan fingerprint density at radius 1 is 1.15 bits per heavy atom. The maximum Gasteiger partial charge on any atom is 0.311 e. The van der Waals surface area contributed by atoms with Gasteiger partial charge in [-0.3, -0.25) is 4.79 Å². The number of hydrogen-bond donors (Lipinski definition) is 1. The Hall–Kier alpha value is -0.570. The van der Waals surface area contributed by atoms with Crippen LogP contribution in [0.1, 0.15) is 59.3 Å². The summed E-state index contributed by atoms with van der Waals surface area (Å²) in [5, 5.41) is 0. The van der Waals surface area contributed by atoms with E-state index in [-0.39, 0.29) is 24.0 Å². The van der Waals surface area contributed by atoms with Crippen molar-refractivity contribution < 1.29 is 9.53 Å². The van der Waals surface area contributed by atoms with E-state index in [1.54, 1.807) is 0 Å². The predicted octanol–water partition coefficient (Wildman–Crippen LogP) is 3.12. The molecule has 2 N–H and O–H groups in total. The summed E-state index contributed by atoms with van der Waals surface area (Å²) in [6.45, 7) is 6.84. The van der Waals surface area contributed by atoms with Crippen LogP contribution in [0.2, 0.25) is 0 Å². The van der Waals surface area contributed by atoms with Gasteiger partial charge in [-0.2, -0.15) is 0 Å². The molecule has 3 aliphatic carbocycles. The number of carbonyl (C=O) groups is 1. The molecular formula is C17H29NO2. The normalized spacial score (nSPS) is 46.4. The second kappa shape index (κ2) is 5.01. The van der Waals surface area contributed by atoms with E-state index in [1.165, 1.54) is 19.3 Å². The minimum atomic E-state index is -0.0194. The average Bonchev–Trinajstić information content (AvgIpc) is 2.85. The summed E-state index contributed by atoms with van der Waals surface area (Å²) in [6.07, 6.45) is 6.88. The molecule has 3 rings (SSSR count). The van der Waals surface area contributed by atoms with Gasteiger partial charge in [-0.25, -0.2) is 0 Å². The third-order valence-electron chi connectivity index (χ3n) is 5.88. The number of ether oxygens (including phenoxy) is 1. The van der Waals surface area contributed by atoms with Gasteiger partial charge in [-0.05, 0) is 61.7 Å². The summed E-state index contributed by atoms with van der Waals surface area (Å²) in [6, 6.07) is 0.0512. The largest absolute Gasteiger partial charge is 0.462 e. The second-order valence-electron chi connectivity index (χ2n) is 8.41. The molecule has 3 heteroatoms. The molecule has 2 bridgehead atoms. The number of esters is 1. The Bertz CT molecular complexity index is 390. The summed E-state index contributed by atoms with van der Waals surface area (Å²) < 4.78 is 5.89. The van der Waals surface area contributed by atoms with Crippen LogP contribution in [-0.4, -0.2) is 18.1 Å².